The van der Waals surface area contributed by atoms with Crippen molar-refractivity contribution in [2.75, 3.05) is 4.72 Å². The minimum atomic E-state index is -3.81. The summed E-state index contributed by atoms with van der Waals surface area (Å²) in [5, 5.41) is 3.26. The van der Waals surface area contributed by atoms with Crippen LogP contribution in [0.1, 0.15) is 21.5 Å². The first-order valence-electron chi connectivity index (χ1n) is 9.41. The Morgan fingerprint density at radius 3 is 2.65 bits per heavy atom. The van der Waals surface area contributed by atoms with Gasteiger partial charge in [0.15, 0.2) is 0 Å². The van der Waals surface area contributed by atoms with Crippen LogP contribution >= 0.6 is 11.6 Å². The highest BCUT2D eigenvalue weighted by atomic mass is 35.5. The van der Waals surface area contributed by atoms with Gasteiger partial charge >= 0.3 is 0 Å². The maximum absolute atomic E-state index is 12.7. The van der Waals surface area contributed by atoms with Crippen molar-refractivity contribution in [1.82, 2.24) is 14.7 Å². The van der Waals surface area contributed by atoms with E-state index in [1.807, 2.05) is 28.9 Å². The van der Waals surface area contributed by atoms with Crippen molar-refractivity contribution in [2.24, 2.45) is 0 Å². The van der Waals surface area contributed by atoms with E-state index in [0.29, 0.717) is 22.8 Å². The maximum Gasteiger partial charge on any atom is 0.261 e. The van der Waals surface area contributed by atoms with Gasteiger partial charge in [-0.3, -0.25) is 9.52 Å². The van der Waals surface area contributed by atoms with Crippen molar-refractivity contribution in [2.45, 2.75) is 18.4 Å². The zero-order valence-corrected chi connectivity index (χ0v) is 18.1. The molecule has 7 nitrogen and oxygen atoms in total. The number of sulfonamides is 1. The molecule has 0 atom stereocenters. The van der Waals surface area contributed by atoms with Crippen molar-refractivity contribution in [3.05, 3.63) is 94.9 Å². The van der Waals surface area contributed by atoms with Crippen LogP contribution in [0.2, 0.25) is 5.02 Å². The highest BCUT2D eigenvalue weighted by molar-refractivity contribution is 7.92. The number of nitrogens with one attached hydrogen (secondary N) is 2. The number of carbonyl (C=O) groups excluding carboxylic acids is 1. The van der Waals surface area contributed by atoms with Crippen LogP contribution in [0.25, 0.3) is 5.65 Å². The molecule has 0 saturated heterocycles. The smallest absolute Gasteiger partial charge is 0.261 e. The molecule has 4 rings (SSSR count). The summed E-state index contributed by atoms with van der Waals surface area (Å²) in [4.78, 5) is 16.7. The molecule has 31 heavy (non-hydrogen) atoms. The molecule has 0 bridgehead atoms. The van der Waals surface area contributed by atoms with Gasteiger partial charge in [-0.1, -0.05) is 23.7 Å². The molecule has 0 fully saturated rings. The Balaban J connectivity index is 1.44. The second kappa shape index (κ2) is 8.41. The number of imidazole rings is 1. The van der Waals surface area contributed by atoms with Gasteiger partial charge in [0.05, 0.1) is 10.6 Å². The molecule has 0 saturated carbocycles. The number of fused-ring (bicyclic) bond motifs is 1. The molecular formula is C22H19ClN4O3S. The van der Waals surface area contributed by atoms with Crippen LogP contribution < -0.4 is 10.0 Å². The predicted octanol–water partition coefficient (Wildman–Crippen LogP) is 4.03. The summed E-state index contributed by atoms with van der Waals surface area (Å²) in [6.45, 7) is 2.12. The number of carbonyl (C=O) groups is 1. The fourth-order valence-corrected chi connectivity index (χ4v) is 4.34. The van der Waals surface area contributed by atoms with E-state index in [4.69, 9.17) is 11.6 Å². The maximum atomic E-state index is 12.7. The van der Waals surface area contributed by atoms with Crippen molar-refractivity contribution in [1.29, 1.82) is 0 Å². The van der Waals surface area contributed by atoms with Gasteiger partial charge < -0.3 is 9.72 Å². The van der Waals surface area contributed by atoms with Crippen LogP contribution in [0.15, 0.2) is 78.1 Å². The van der Waals surface area contributed by atoms with E-state index < -0.39 is 10.0 Å². The molecule has 2 heterocycles. The van der Waals surface area contributed by atoms with Crippen LogP contribution in [0.4, 0.5) is 5.69 Å². The van der Waals surface area contributed by atoms with Crippen LogP contribution in [-0.4, -0.2) is 23.7 Å². The summed E-state index contributed by atoms with van der Waals surface area (Å²) < 4.78 is 29.8. The van der Waals surface area contributed by atoms with Gasteiger partial charge in [-0.2, -0.15) is 0 Å². The summed E-state index contributed by atoms with van der Waals surface area (Å²) in [7, 11) is -3.81. The fraction of sp³-hybridized carbons (Fsp3) is 0.0909. The molecule has 0 radical (unpaired) electrons. The van der Waals surface area contributed by atoms with Crippen LogP contribution in [0, 0.1) is 6.92 Å². The molecule has 0 spiro atoms. The number of halogens is 1. The van der Waals surface area contributed by atoms with Crippen molar-refractivity contribution in [3.63, 3.8) is 0 Å². The SMILES string of the molecule is Cc1ccc(Cl)cc1NS(=O)(=O)c1ccc(C(=O)NCc2ccc3nccn3c2)cc1. The summed E-state index contributed by atoms with van der Waals surface area (Å²) >= 11 is 5.96. The van der Waals surface area contributed by atoms with E-state index in [9.17, 15) is 13.2 Å². The normalized spacial score (nSPS) is 11.4. The van der Waals surface area contributed by atoms with Gasteiger partial charge in [0.25, 0.3) is 15.9 Å². The molecular weight excluding hydrogens is 436 g/mol. The van der Waals surface area contributed by atoms with Gasteiger partial charge in [0.2, 0.25) is 0 Å². The highest BCUT2D eigenvalue weighted by Crippen LogP contribution is 2.23. The number of anilines is 1. The van der Waals surface area contributed by atoms with E-state index in [1.54, 1.807) is 31.3 Å². The average molecular weight is 455 g/mol. The lowest BCUT2D eigenvalue weighted by Gasteiger charge is -2.11. The van der Waals surface area contributed by atoms with Crippen molar-refractivity contribution < 1.29 is 13.2 Å². The van der Waals surface area contributed by atoms with Crippen molar-refractivity contribution in [3.8, 4) is 0 Å². The first-order valence-corrected chi connectivity index (χ1v) is 11.3. The van der Waals surface area contributed by atoms with Gasteiger partial charge in [-0.15, -0.1) is 0 Å². The Labute approximate surface area is 184 Å². The Kier molecular flexibility index (Phi) is 5.67. The largest absolute Gasteiger partial charge is 0.348 e. The fourth-order valence-electron chi connectivity index (χ4n) is 3.05. The third kappa shape index (κ3) is 4.70. The zero-order chi connectivity index (χ0) is 22.0. The van der Waals surface area contributed by atoms with E-state index in [2.05, 4.69) is 15.0 Å². The Morgan fingerprint density at radius 1 is 1.10 bits per heavy atom. The summed E-state index contributed by atoms with van der Waals surface area (Å²) in [6.07, 6.45) is 5.43. The van der Waals surface area contributed by atoms with E-state index in [0.717, 1.165) is 16.8 Å². The number of hydrogen-bond donors (Lipinski definition) is 2. The number of aryl methyl sites for hydroxylation is 1. The molecule has 0 aliphatic carbocycles. The molecule has 2 N–H and O–H groups in total. The number of benzene rings is 2. The minimum absolute atomic E-state index is 0.0500. The number of hydrogen-bond acceptors (Lipinski definition) is 4. The first kappa shape index (κ1) is 20.9. The summed E-state index contributed by atoms with van der Waals surface area (Å²) in [6, 6.07) is 14.5. The molecule has 0 unspecified atom stereocenters. The molecule has 4 aromatic rings. The Morgan fingerprint density at radius 2 is 1.87 bits per heavy atom. The van der Waals surface area contributed by atoms with Crippen LogP contribution in [0.3, 0.4) is 0 Å². The van der Waals surface area contributed by atoms with Crippen LogP contribution in [-0.2, 0) is 16.6 Å². The average Bonchev–Trinajstić information content (AvgIpc) is 3.22. The zero-order valence-electron chi connectivity index (χ0n) is 16.5. The third-order valence-corrected chi connectivity index (χ3v) is 6.39. The first-order chi connectivity index (χ1) is 14.8. The standard InChI is InChI=1S/C22H19ClN4O3S/c1-15-2-6-18(23)12-20(15)26-31(29,30)19-7-4-17(5-8-19)22(28)25-13-16-3-9-21-24-10-11-27(21)14-16/h2-12,14,26H,13H2,1H3,(H,25,28). The molecule has 9 heteroatoms. The quantitative estimate of drug-likeness (QED) is 0.460. The second-order valence-corrected chi connectivity index (χ2v) is 9.12. The van der Waals surface area contributed by atoms with Gasteiger partial charge in [-0.05, 0) is 60.5 Å². The van der Waals surface area contributed by atoms with Crippen molar-refractivity contribution >= 4 is 38.9 Å². The Hall–Kier alpha value is -3.36. The van der Waals surface area contributed by atoms with Crippen LogP contribution in [0.5, 0.6) is 0 Å². The lowest BCUT2D eigenvalue weighted by atomic mass is 10.2. The minimum Gasteiger partial charge on any atom is -0.348 e. The molecule has 158 valence electrons. The number of aromatic nitrogens is 2. The Bertz CT molecular complexity index is 1370. The highest BCUT2D eigenvalue weighted by Gasteiger charge is 2.16. The molecule has 1 amide bonds. The number of rotatable bonds is 6. The number of amides is 1. The van der Waals surface area contributed by atoms with E-state index in [-0.39, 0.29) is 10.8 Å². The molecule has 0 aliphatic rings. The predicted molar refractivity (Wildman–Crippen MR) is 120 cm³/mol. The third-order valence-electron chi connectivity index (χ3n) is 4.77. The second-order valence-electron chi connectivity index (χ2n) is 7.00. The molecule has 2 aromatic carbocycles. The topological polar surface area (TPSA) is 92.6 Å². The number of pyridine rings is 1. The molecule has 0 aliphatic heterocycles. The summed E-state index contributed by atoms with van der Waals surface area (Å²) in [5.41, 5.74) is 3.26. The van der Waals surface area contributed by atoms with E-state index in [1.165, 1.54) is 24.3 Å². The lowest BCUT2D eigenvalue weighted by Crippen LogP contribution is -2.23. The number of nitrogens with zero attached hydrogens (tertiary/aromatic N) is 2. The summed E-state index contributed by atoms with van der Waals surface area (Å²) in [5.74, 6) is -0.298. The van der Waals surface area contributed by atoms with E-state index >= 15 is 0 Å². The van der Waals surface area contributed by atoms with Gasteiger partial charge in [-0.25, -0.2) is 13.4 Å². The molecule has 2 aromatic heterocycles. The lowest BCUT2D eigenvalue weighted by molar-refractivity contribution is 0.0950. The van der Waals surface area contributed by atoms with Gasteiger partial charge in [0.1, 0.15) is 5.65 Å². The monoisotopic (exact) mass is 454 g/mol. The van der Waals surface area contributed by atoms with Gasteiger partial charge in [0, 0.05) is 35.7 Å².